The fourth-order valence-electron chi connectivity index (χ4n) is 2.62. The minimum absolute atomic E-state index is 0.0220. The summed E-state index contributed by atoms with van der Waals surface area (Å²) >= 11 is 6.39. The molecule has 1 atom stereocenters. The van der Waals surface area contributed by atoms with Crippen LogP contribution in [-0.4, -0.2) is 36.1 Å². The quantitative estimate of drug-likeness (QED) is 0.844. The van der Waals surface area contributed by atoms with Crippen molar-refractivity contribution in [3.63, 3.8) is 0 Å². The van der Waals surface area contributed by atoms with Crippen LogP contribution in [-0.2, 0) is 17.6 Å². The van der Waals surface area contributed by atoms with E-state index in [4.69, 9.17) is 16.7 Å². The van der Waals surface area contributed by atoms with Gasteiger partial charge in [-0.25, -0.2) is 0 Å². The van der Waals surface area contributed by atoms with Crippen LogP contribution in [0.3, 0.4) is 0 Å². The summed E-state index contributed by atoms with van der Waals surface area (Å²) in [5.74, 6) is -0.822. The van der Waals surface area contributed by atoms with Crippen molar-refractivity contribution >= 4 is 17.6 Å². The first-order valence-electron chi connectivity index (χ1n) is 6.72. The number of rotatable bonds is 5. The first kappa shape index (κ1) is 14.4. The van der Waals surface area contributed by atoms with Gasteiger partial charge in [-0.1, -0.05) is 18.2 Å². The number of halogens is 1. The normalized spacial score (nSPS) is 16.2. The Labute approximate surface area is 119 Å². The third-order valence-corrected chi connectivity index (χ3v) is 4.00. The van der Waals surface area contributed by atoms with Crippen molar-refractivity contribution in [1.82, 2.24) is 4.90 Å². The van der Waals surface area contributed by atoms with Crippen LogP contribution in [0.2, 0.25) is 0 Å². The van der Waals surface area contributed by atoms with Gasteiger partial charge in [-0.15, -0.1) is 11.6 Å². The van der Waals surface area contributed by atoms with Gasteiger partial charge in [0.2, 0.25) is 0 Å². The monoisotopic (exact) mass is 281 g/mol. The van der Waals surface area contributed by atoms with E-state index in [0.717, 1.165) is 12.0 Å². The van der Waals surface area contributed by atoms with Crippen LogP contribution < -0.4 is 0 Å². The van der Waals surface area contributed by atoms with E-state index in [-0.39, 0.29) is 11.9 Å². The standard InChI is InChI=1S/C15H20ClNO2/c1-17(10-15(18)19)9-14(16)13-7-6-11-4-2-3-5-12(11)8-13/h6-8,14H,2-5,9-10H2,1H3,(H,18,19). The van der Waals surface area contributed by atoms with Gasteiger partial charge in [0.15, 0.2) is 0 Å². The van der Waals surface area contributed by atoms with E-state index in [1.165, 1.54) is 30.4 Å². The molecule has 1 aromatic carbocycles. The van der Waals surface area contributed by atoms with Crippen LogP contribution in [0, 0.1) is 0 Å². The van der Waals surface area contributed by atoms with Gasteiger partial charge < -0.3 is 5.11 Å². The fraction of sp³-hybridized carbons (Fsp3) is 0.533. The maximum absolute atomic E-state index is 10.6. The molecule has 0 spiro atoms. The van der Waals surface area contributed by atoms with Crippen molar-refractivity contribution in [1.29, 1.82) is 0 Å². The topological polar surface area (TPSA) is 40.5 Å². The SMILES string of the molecule is CN(CC(=O)O)CC(Cl)c1ccc2c(c1)CCCC2. The second-order valence-electron chi connectivity index (χ2n) is 5.29. The van der Waals surface area contributed by atoms with Gasteiger partial charge in [-0.3, -0.25) is 9.69 Å². The van der Waals surface area contributed by atoms with E-state index in [9.17, 15) is 4.79 Å². The highest BCUT2D eigenvalue weighted by atomic mass is 35.5. The molecule has 0 amide bonds. The molecule has 19 heavy (non-hydrogen) atoms. The number of aliphatic carboxylic acids is 1. The van der Waals surface area contributed by atoms with Crippen LogP contribution >= 0.6 is 11.6 Å². The second kappa shape index (κ2) is 6.40. The summed E-state index contributed by atoms with van der Waals surface area (Å²) in [5.41, 5.74) is 3.95. The van der Waals surface area contributed by atoms with Crippen molar-refractivity contribution in [3.05, 3.63) is 34.9 Å². The van der Waals surface area contributed by atoms with Gasteiger partial charge in [-0.05, 0) is 49.4 Å². The molecule has 0 radical (unpaired) electrons. The molecule has 0 heterocycles. The summed E-state index contributed by atoms with van der Waals surface area (Å²) in [6.07, 6.45) is 4.83. The molecule has 1 aliphatic rings. The largest absolute Gasteiger partial charge is 0.480 e. The Balaban J connectivity index is 2.02. The first-order chi connectivity index (χ1) is 9.06. The highest BCUT2D eigenvalue weighted by Crippen LogP contribution is 2.27. The van der Waals surface area contributed by atoms with Crippen molar-refractivity contribution < 1.29 is 9.90 Å². The molecule has 0 aromatic heterocycles. The number of hydrogen-bond acceptors (Lipinski definition) is 2. The van der Waals surface area contributed by atoms with Gasteiger partial charge in [-0.2, -0.15) is 0 Å². The summed E-state index contributed by atoms with van der Waals surface area (Å²) in [6.45, 7) is 0.570. The molecule has 0 aliphatic heterocycles. The van der Waals surface area contributed by atoms with E-state index in [2.05, 4.69) is 18.2 Å². The summed E-state index contributed by atoms with van der Waals surface area (Å²) in [7, 11) is 1.78. The number of fused-ring (bicyclic) bond motifs is 1. The fourth-order valence-corrected chi connectivity index (χ4v) is 2.99. The van der Waals surface area contributed by atoms with Crippen LogP contribution in [0.4, 0.5) is 0 Å². The number of aryl methyl sites for hydroxylation is 2. The molecule has 4 heteroatoms. The van der Waals surface area contributed by atoms with Gasteiger partial charge in [0.25, 0.3) is 0 Å². The third-order valence-electron chi connectivity index (χ3n) is 3.61. The zero-order valence-electron chi connectivity index (χ0n) is 11.2. The lowest BCUT2D eigenvalue weighted by molar-refractivity contribution is -0.137. The lowest BCUT2D eigenvalue weighted by atomic mass is 9.90. The molecule has 104 valence electrons. The first-order valence-corrected chi connectivity index (χ1v) is 7.16. The molecule has 1 aliphatic carbocycles. The van der Waals surface area contributed by atoms with Crippen LogP contribution in [0.15, 0.2) is 18.2 Å². The Kier molecular flexibility index (Phi) is 4.83. The van der Waals surface area contributed by atoms with E-state index >= 15 is 0 Å². The Morgan fingerprint density at radius 1 is 1.37 bits per heavy atom. The molecule has 0 bridgehead atoms. The number of benzene rings is 1. The molecule has 0 fully saturated rings. The average Bonchev–Trinajstić information content (AvgIpc) is 2.37. The maximum Gasteiger partial charge on any atom is 0.317 e. The molecule has 3 nitrogen and oxygen atoms in total. The van der Waals surface area contributed by atoms with Crippen LogP contribution in [0.1, 0.15) is 34.9 Å². The van der Waals surface area contributed by atoms with E-state index in [0.29, 0.717) is 6.54 Å². The molecule has 1 N–H and O–H groups in total. The Hall–Kier alpha value is -1.06. The zero-order valence-corrected chi connectivity index (χ0v) is 12.0. The summed E-state index contributed by atoms with van der Waals surface area (Å²) < 4.78 is 0. The molecule has 0 saturated carbocycles. The predicted octanol–water partition coefficient (Wildman–Crippen LogP) is 2.86. The van der Waals surface area contributed by atoms with E-state index in [1.54, 1.807) is 11.9 Å². The van der Waals surface area contributed by atoms with Crippen molar-refractivity contribution in [2.75, 3.05) is 20.1 Å². The van der Waals surface area contributed by atoms with Gasteiger partial charge in [0.1, 0.15) is 0 Å². The average molecular weight is 282 g/mol. The number of carboxylic acid groups (broad SMARTS) is 1. The molecule has 2 rings (SSSR count). The minimum atomic E-state index is -0.822. The number of likely N-dealkylation sites (N-methyl/N-ethyl adjacent to an activating group) is 1. The smallest absolute Gasteiger partial charge is 0.317 e. The van der Waals surface area contributed by atoms with Crippen molar-refractivity contribution in [2.24, 2.45) is 0 Å². The van der Waals surface area contributed by atoms with Crippen LogP contribution in [0.5, 0.6) is 0 Å². The Morgan fingerprint density at radius 2 is 2.05 bits per heavy atom. The van der Waals surface area contributed by atoms with Gasteiger partial charge in [0.05, 0.1) is 11.9 Å². The summed E-state index contributed by atoms with van der Waals surface area (Å²) in [6, 6.07) is 6.45. The number of carboxylic acids is 1. The van der Waals surface area contributed by atoms with Gasteiger partial charge >= 0.3 is 5.97 Å². The van der Waals surface area contributed by atoms with Crippen LogP contribution in [0.25, 0.3) is 0 Å². The predicted molar refractivity (Wildman–Crippen MR) is 76.8 cm³/mol. The lowest BCUT2D eigenvalue weighted by Gasteiger charge is -2.21. The van der Waals surface area contributed by atoms with E-state index in [1.807, 2.05) is 0 Å². The second-order valence-corrected chi connectivity index (χ2v) is 5.82. The lowest BCUT2D eigenvalue weighted by Crippen LogP contribution is -2.28. The Bertz CT molecular complexity index is 461. The van der Waals surface area contributed by atoms with Crippen molar-refractivity contribution in [2.45, 2.75) is 31.1 Å². The van der Waals surface area contributed by atoms with E-state index < -0.39 is 5.97 Å². The Morgan fingerprint density at radius 3 is 2.74 bits per heavy atom. The van der Waals surface area contributed by atoms with Gasteiger partial charge in [0, 0.05) is 6.54 Å². The molecule has 1 unspecified atom stereocenters. The number of hydrogen-bond donors (Lipinski definition) is 1. The summed E-state index contributed by atoms with van der Waals surface area (Å²) in [5, 5.41) is 8.58. The van der Waals surface area contributed by atoms with Crippen molar-refractivity contribution in [3.8, 4) is 0 Å². The highest BCUT2D eigenvalue weighted by Gasteiger charge is 2.16. The maximum atomic E-state index is 10.6. The third kappa shape index (κ3) is 3.95. The zero-order chi connectivity index (χ0) is 13.8. The molecular formula is C15H20ClNO2. The number of carbonyl (C=O) groups is 1. The molecule has 0 saturated heterocycles. The summed E-state index contributed by atoms with van der Waals surface area (Å²) in [4.78, 5) is 12.4. The molecular weight excluding hydrogens is 262 g/mol. The number of nitrogens with zero attached hydrogens (tertiary/aromatic N) is 1. The minimum Gasteiger partial charge on any atom is -0.480 e. The molecule has 1 aromatic rings. The number of alkyl halides is 1. The highest BCUT2D eigenvalue weighted by molar-refractivity contribution is 6.21.